The van der Waals surface area contributed by atoms with Crippen molar-refractivity contribution < 1.29 is 14.3 Å². The summed E-state index contributed by atoms with van der Waals surface area (Å²) in [6, 6.07) is 17.2. The molecule has 1 aromatic heterocycles. The van der Waals surface area contributed by atoms with Gasteiger partial charge in [0.2, 0.25) is 10.7 Å². The van der Waals surface area contributed by atoms with Crippen molar-refractivity contribution in [3.8, 4) is 17.2 Å². The van der Waals surface area contributed by atoms with Gasteiger partial charge in [0.25, 0.3) is 0 Å². The number of rotatable bonds is 5. The number of carbonyl (C=O) groups excluding carboxylic acids is 1. The zero-order chi connectivity index (χ0) is 18.8. The summed E-state index contributed by atoms with van der Waals surface area (Å²) in [5.74, 6) is 1.57. The van der Waals surface area contributed by atoms with Crippen LogP contribution in [0.1, 0.15) is 18.3 Å². The van der Waals surface area contributed by atoms with Gasteiger partial charge in [-0.1, -0.05) is 30.3 Å². The van der Waals surface area contributed by atoms with E-state index in [2.05, 4.69) is 5.10 Å². The number of fused-ring (bicyclic) bond motifs is 1. The molecule has 1 unspecified atom stereocenters. The maximum absolute atomic E-state index is 11.2. The van der Waals surface area contributed by atoms with Gasteiger partial charge in [-0.2, -0.15) is 5.10 Å². The number of ether oxygens (including phenoxy) is 2. The van der Waals surface area contributed by atoms with Crippen molar-refractivity contribution in [2.24, 2.45) is 5.73 Å². The minimum atomic E-state index is -0.434. The topological polar surface area (TPSA) is 84.3 Å². The molecule has 27 heavy (non-hydrogen) atoms. The highest BCUT2D eigenvalue weighted by Gasteiger charge is 2.28. The Kier molecular flexibility index (Phi) is 4.64. The van der Waals surface area contributed by atoms with E-state index < -0.39 is 12.0 Å². The highest BCUT2D eigenvalue weighted by molar-refractivity contribution is 7.71. The van der Waals surface area contributed by atoms with Crippen molar-refractivity contribution in [1.82, 2.24) is 14.3 Å². The standard InChI is InChI=1S/C19H18N4O3S/c20-17(24)10-11-22-19(27)23(13-6-2-1-3-7-13)18(21-22)16-12-25-14-8-4-5-9-15(14)26-16/h1-9,16H,10-12H2,(H2,20,24). The third kappa shape index (κ3) is 3.43. The molecule has 7 nitrogen and oxygen atoms in total. The fourth-order valence-corrected chi connectivity index (χ4v) is 3.29. The lowest BCUT2D eigenvalue weighted by atomic mass is 10.2. The van der Waals surface area contributed by atoms with Gasteiger partial charge in [-0.15, -0.1) is 0 Å². The molecule has 4 rings (SSSR count). The van der Waals surface area contributed by atoms with Crippen molar-refractivity contribution in [2.45, 2.75) is 19.1 Å². The molecule has 8 heteroatoms. The molecule has 0 radical (unpaired) electrons. The zero-order valence-electron chi connectivity index (χ0n) is 14.4. The lowest BCUT2D eigenvalue weighted by Crippen LogP contribution is -2.24. The molecule has 0 saturated carbocycles. The quantitative estimate of drug-likeness (QED) is 0.686. The summed E-state index contributed by atoms with van der Waals surface area (Å²) in [5.41, 5.74) is 6.14. The van der Waals surface area contributed by atoms with E-state index in [1.165, 1.54) is 0 Å². The molecule has 1 aliphatic heterocycles. The number of carbonyl (C=O) groups is 1. The number of amides is 1. The number of nitrogens with two attached hydrogens (primary N) is 1. The van der Waals surface area contributed by atoms with Crippen molar-refractivity contribution in [1.29, 1.82) is 0 Å². The molecular formula is C19H18N4O3S. The van der Waals surface area contributed by atoms with Crippen molar-refractivity contribution >= 4 is 18.1 Å². The van der Waals surface area contributed by atoms with Crippen LogP contribution < -0.4 is 15.2 Å². The summed E-state index contributed by atoms with van der Waals surface area (Å²) >= 11 is 5.61. The molecule has 0 bridgehead atoms. The normalized spacial score (nSPS) is 15.5. The smallest absolute Gasteiger partial charge is 0.219 e. The third-order valence-electron chi connectivity index (χ3n) is 4.25. The number of nitrogens with zero attached hydrogens (tertiary/aromatic N) is 3. The fraction of sp³-hybridized carbons (Fsp3) is 0.211. The first-order chi connectivity index (χ1) is 13.1. The summed E-state index contributed by atoms with van der Waals surface area (Å²) in [4.78, 5) is 11.2. The Morgan fingerprint density at radius 2 is 1.85 bits per heavy atom. The zero-order valence-corrected chi connectivity index (χ0v) is 15.3. The van der Waals surface area contributed by atoms with Gasteiger partial charge in [0.05, 0.1) is 6.54 Å². The van der Waals surface area contributed by atoms with Crippen molar-refractivity contribution in [2.75, 3.05) is 6.61 Å². The van der Waals surface area contributed by atoms with Crippen molar-refractivity contribution in [3.05, 3.63) is 65.2 Å². The van der Waals surface area contributed by atoms with Gasteiger partial charge < -0.3 is 15.2 Å². The average molecular weight is 382 g/mol. The summed E-state index contributed by atoms with van der Waals surface area (Å²) in [7, 11) is 0. The monoisotopic (exact) mass is 382 g/mol. The molecule has 0 aliphatic carbocycles. The molecule has 0 fully saturated rings. The summed E-state index contributed by atoms with van der Waals surface area (Å²) < 4.78 is 15.9. The van der Waals surface area contributed by atoms with Crippen LogP contribution in [0.3, 0.4) is 0 Å². The lowest BCUT2D eigenvalue weighted by Gasteiger charge is -2.26. The largest absolute Gasteiger partial charge is 0.485 e. The molecule has 3 aromatic rings. The van der Waals surface area contributed by atoms with Gasteiger partial charge >= 0.3 is 0 Å². The van der Waals surface area contributed by atoms with E-state index >= 15 is 0 Å². The Labute approximate surface area is 160 Å². The lowest BCUT2D eigenvalue weighted by molar-refractivity contribution is -0.118. The minimum absolute atomic E-state index is 0.157. The van der Waals surface area contributed by atoms with Crippen LogP contribution in [0, 0.1) is 4.77 Å². The maximum atomic E-state index is 11.2. The molecule has 2 heterocycles. The molecule has 1 atom stereocenters. The van der Waals surface area contributed by atoms with Gasteiger partial charge in [0.1, 0.15) is 6.61 Å². The van der Waals surface area contributed by atoms with Gasteiger partial charge in [0, 0.05) is 12.1 Å². The first-order valence-corrected chi connectivity index (χ1v) is 8.96. The second-order valence-corrected chi connectivity index (χ2v) is 6.48. The number of benzene rings is 2. The first-order valence-electron chi connectivity index (χ1n) is 8.55. The Balaban J connectivity index is 1.76. The SMILES string of the molecule is NC(=O)CCn1nc(C2COc3ccccc3O2)n(-c2ccccc2)c1=S. The van der Waals surface area contributed by atoms with Crippen molar-refractivity contribution in [3.63, 3.8) is 0 Å². The van der Waals surface area contributed by atoms with Crippen LogP contribution in [-0.2, 0) is 11.3 Å². The molecule has 0 saturated heterocycles. The number of aromatic nitrogens is 3. The fourth-order valence-electron chi connectivity index (χ4n) is 2.96. The van der Waals surface area contributed by atoms with Crippen LogP contribution in [0.5, 0.6) is 11.5 Å². The Bertz CT molecular complexity index is 1030. The van der Waals surface area contributed by atoms with E-state index in [1.54, 1.807) is 4.68 Å². The van der Waals surface area contributed by atoms with E-state index in [1.807, 2.05) is 59.2 Å². The van der Waals surface area contributed by atoms with Crippen LogP contribution in [-0.4, -0.2) is 26.9 Å². The van der Waals surface area contributed by atoms with Gasteiger partial charge in [-0.05, 0) is 36.5 Å². The van der Waals surface area contributed by atoms with Crippen LogP contribution >= 0.6 is 12.2 Å². The van der Waals surface area contributed by atoms with E-state index in [4.69, 9.17) is 27.4 Å². The highest BCUT2D eigenvalue weighted by atomic mass is 32.1. The molecule has 138 valence electrons. The van der Waals surface area contributed by atoms with Crippen LogP contribution in [0.25, 0.3) is 5.69 Å². The Morgan fingerprint density at radius 1 is 1.15 bits per heavy atom. The maximum Gasteiger partial charge on any atom is 0.219 e. The van der Waals surface area contributed by atoms with E-state index in [0.717, 1.165) is 5.69 Å². The molecule has 1 aliphatic rings. The summed E-state index contributed by atoms with van der Waals surface area (Å²) in [6.07, 6.45) is -0.277. The summed E-state index contributed by atoms with van der Waals surface area (Å²) in [5, 5.41) is 4.62. The second-order valence-electron chi connectivity index (χ2n) is 6.12. The molecule has 0 spiro atoms. The molecular weight excluding hydrogens is 364 g/mol. The van der Waals surface area contributed by atoms with E-state index in [-0.39, 0.29) is 6.42 Å². The van der Waals surface area contributed by atoms with Gasteiger partial charge in [0.15, 0.2) is 23.4 Å². The third-order valence-corrected chi connectivity index (χ3v) is 4.64. The second kappa shape index (κ2) is 7.24. The number of aryl methyl sites for hydroxylation is 1. The number of hydrogen-bond acceptors (Lipinski definition) is 5. The number of primary amides is 1. The molecule has 1 amide bonds. The Morgan fingerprint density at radius 3 is 2.59 bits per heavy atom. The van der Waals surface area contributed by atoms with Gasteiger partial charge in [-0.25, -0.2) is 4.68 Å². The summed E-state index contributed by atoms with van der Waals surface area (Å²) in [6.45, 7) is 0.622. The van der Waals surface area contributed by atoms with Crippen LogP contribution in [0.2, 0.25) is 0 Å². The molecule has 2 aromatic carbocycles. The minimum Gasteiger partial charge on any atom is -0.485 e. The predicted octanol–water partition coefficient (Wildman–Crippen LogP) is 2.79. The predicted molar refractivity (Wildman–Crippen MR) is 102 cm³/mol. The number of hydrogen-bond donors (Lipinski definition) is 1. The molecule has 2 N–H and O–H groups in total. The van der Waals surface area contributed by atoms with Crippen LogP contribution in [0.15, 0.2) is 54.6 Å². The van der Waals surface area contributed by atoms with Crippen LogP contribution in [0.4, 0.5) is 0 Å². The Hall–Kier alpha value is -3.13. The van der Waals surface area contributed by atoms with E-state index in [0.29, 0.717) is 35.2 Å². The average Bonchev–Trinajstić information content (AvgIpc) is 3.03. The number of para-hydroxylation sites is 3. The van der Waals surface area contributed by atoms with Gasteiger partial charge in [-0.3, -0.25) is 9.36 Å². The van der Waals surface area contributed by atoms with E-state index in [9.17, 15) is 4.79 Å². The first kappa shape index (κ1) is 17.3. The highest BCUT2D eigenvalue weighted by Crippen LogP contribution is 2.36.